The number of carbonyl (C=O) groups is 3. The van der Waals surface area contributed by atoms with Crippen molar-refractivity contribution in [3.05, 3.63) is 32.6 Å². The van der Waals surface area contributed by atoms with Crippen molar-refractivity contribution in [3.8, 4) is 0 Å². The second kappa shape index (κ2) is 9.80. The van der Waals surface area contributed by atoms with Gasteiger partial charge in [-0.05, 0) is 40.5 Å². The minimum atomic E-state index is -1.21. The fourth-order valence-corrected chi connectivity index (χ4v) is 3.62. The van der Waals surface area contributed by atoms with Crippen LogP contribution in [0.2, 0.25) is 0 Å². The molecule has 31 heavy (non-hydrogen) atoms. The number of amides is 2. The molecule has 0 unspecified atom stereocenters. The van der Waals surface area contributed by atoms with E-state index in [9.17, 15) is 29.1 Å². The molecular formula is C20H30N4O7. The van der Waals surface area contributed by atoms with Crippen LogP contribution >= 0.6 is 0 Å². The van der Waals surface area contributed by atoms with E-state index in [1.165, 1.54) is 18.0 Å². The van der Waals surface area contributed by atoms with Crippen LogP contribution in [-0.4, -0.2) is 61.8 Å². The highest BCUT2D eigenvalue weighted by Gasteiger charge is 2.36. The van der Waals surface area contributed by atoms with Gasteiger partial charge in [-0.2, -0.15) is 0 Å². The number of hydrogen-bond donors (Lipinski definition) is 3. The number of aromatic amines is 1. The summed E-state index contributed by atoms with van der Waals surface area (Å²) in [5.74, 6) is -1.81. The van der Waals surface area contributed by atoms with E-state index in [2.05, 4.69) is 10.3 Å². The Morgan fingerprint density at radius 3 is 2.52 bits per heavy atom. The maximum atomic E-state index is 13.0. The van der Waals surface area contributed by atoms with Crippen LogP contribution in [0.1, 0.15) is 52.0 Å². The lowest BCUT2D eigenvalue weighted by atomic mass is 9.89. The molecule has 1 heterocycles. The Balaban J connectivity index is 2.25. The number of ether oxygens (including phenoxy) is 1. The summed E-state index contributed by atoms with van der Waals surface area (Å²) in [6.07, 6.45) is 3.25. The normalized spacial score (nSPS) is 18.8. The number of aromatic nitrogens is 2. The number of nitrogens with one attached hydrogen (secondary N) is 2. The molecule has 11 heteroatoms. The Kier molecular flexibility index (Phi) is 7.64. The predicted molar refractivity (Wildman–Crippen MR) is 111 cm³/mol. The molecule has 0 radical (unpaired) electrons. The summed E-state index contributed by atoms with van der Waals surface area (Å²) >= 11 is 0. The Hall–Kier alpha value is -3.11. The van der Waals surface area contributed by atoms with E-state index < -0.39 is 60.0 Å². The van der Waals surface area contributed by atoms with Crippen LogP contribution in [0.3, 0.4) is 0 Å². The van der Waals surface area contributed by atoms with Gasteiger partial charge in [0.1, 0.15) is 18.7 Å². The van der Waals surface area contributed by atoms with Gasteiger partial charge in [0.25, 0.3) is 5.56 Å². The first kappa shape index (κ1) is 24.2. The fraction of sp³-hybridized carbons (Fsp3) is 0.650. The topological polar surface area (TPSA) is 151 Å². The van der Waals surface area contributed by atoms with Crippen molar-refractivity contribution in [1.82, 2.24) is 19.8 Å². The van der Waals surface area contributed by atoms with E-state index in [4.69, 9.17) is 4.74 Å². The first-order valence-corrected chi connectivity index (χ1v) is 10.2. The smallest absolute Gasteiger partial charge is 0.407 e. The second-order valence-electron chi connectivity index (χ2n) is 8.72. The highest BCUT2D eigenvalue weighted by atomic mass is 16.6. The number of carboxylic acid groups (broad SMARTS) is 1. The Labute approximate surface area is 179 Å². The highest BCUT2D eigenvalue weighted by molar-refractivity contribution is 5.81. The Bertz CT molecular complexity index is 944. The van der Waals surface area contributed by atoms with Gasteiger partial charge in [-0.1, -0.05) is 12.8 Å². The average Bonchev–Trinajstić information content (AvgIpc) is 2.63. The number of carboxylic acids is 1. The SMILES string of the molecule is Cc1cn(CC(=O)N(CC(=O)O)[C@@H]2CCCC[C@H]2NC(=O)OC(C)(C)C)c(=O)[nH]c1=O. The first-order chi connectivity index (χ1) is 14.4. The van der Waals surface area contributed by atoms with Crippen LogP contribution < -0.4 is 16.6 Å². The fourth-order valence-electron chi connectivity index (χ4n) is 3.62. The van der Waals surface area contributed by atoms with Gasteiger partial charge in [0.2, 0.25) is 5.91 Å². The van der Waals surface area contributed by atoms with Gasteiger partial charge in [0, 0.05) is 11.8 Å². The van der Waals surface area contributed by atoms with Gasteiger partial charge in [-0.25, -0.2) is 9.59 Å². The Morgan fingerprint density at radius 1 is 1.26 bits per heavy atom. The monoisotopic (exact) mass is 438 g/mol. The quantitative estimate of drug-likeness (QED) is 0.588. The Morgan fingerprint density at radius 2 is 1.90 bits per heavy atom. The van der Waals surface area contributed by atoms with Crippen molar-refractivity contribution < 1.29 is 24.2 Å². The third kappa shape index (κ3) is 6.97. The van der Waals surface area contributed by atoms with Gasteiger partial charge in [0.05, 0.1) is 12.1 Å². The highest BCUT2D eigenvalue weighted by Crippen LogP contribution is 2.24. The molecule has 0 saturated heterocycles. The molecule has 2 rings (SSSR count). The van der Waals surface area contributed by atoms with Crippen molar-refractivity contribution >= 4 is 18.0 Å². The molecule has 11 nitrogen and oxygen atoms in total. The summed E-state index contributed by atoms with van der Waals surface area (Å²) in [5, 5.41) is 12.1. The number of H-pyrrole nitrogens is 1. The van der Waals surface area contributed by atoms with E-state index in [0.29, 0.717) is 12.8 Å². The standard InChI is InChI=1S/C20H30N4O7/c1-12-9-23(18(29)22-17(12)28)10-15(25)24(11-16(26)27)14-8-6-5-7-13(14)21-19(30)31-20(2,3)4/h9,13-14H,5-8,10-11H2,1-4H3,(H,21,30)(H,26,27)(H,22,28,29)/t13-,14-/m1/s1. The van der Waals surface area contributed by atoms with Crippen molar-refractivity contribution in [1.29, 1.82) is 0 Å². The van der Waals surface area contributed by atoms with Crippen LogP contribution in [0.5, 0.6) is 0 Å². The molecule has 1 aliphatic carbocycles. The molecule has 3 N–H and O–H groups in total. The van der Waals surface area contributed by atoms with E-state index >= 15 is 0 Å². The summed E-state index contributed by atoms with van der Waals surface area (Å²) in [6, 6.07) is -1.05. The lowest BCUT2D eigenvalue weighted by molar-refractivity contribution is -0.147. The summed E-state index contributed by atoms with van der Waals surface area (Å²) in [6.45, 7) is 5.68. The molecule has 1 aliphatic rings. The first-order valence-electron chi connectivity index (χ1n) is 10.2. The molecule has 172 valence electrons. The zero-order chi connectivity index (χ0) is 23.3. The van der Waals surface area contributed by atoms with Gasteiger partial charge in [0.15, 0.2) is 0 Å². The molecule has 0 spiro atoms. The molecule has 2 atom stereocenters. The van der Waals surface area contributed by atoms with Crippen LogP contribution in [0, 0.1) is 6.92 Å². The lowest BCUT2D eigenvalue weighted by Crippen LogP contribution is -2.57. The van der Waals surface area contributed by atoms with E-state index in [1.54, 1.807) is 20.8 Å². The lowest BCUT2D eigenvalue weighted by Gasteiger charge is -2.39. The molecule has 0 aromatic carbocycles. The molecule has 1 saturated carbocycles. The number of aliphatic carboxylic acids is 1. The summed E-state index contributed by atoms with van der Waals surface area (Å²) in [7, 11) is 0. The third-order valence-electron chi connectivity index (χ3n) is 4.95. The number of alkyl carbamates (subject to hydrolysis) is 1. The molecule has 1 fully saturated rings. The minimum absolute atomic E-state index is 0.249. The zero-order valence-electron chi connectivity index (χ0n) is 18.3. The number of carbonyl (C=O) groups excluding carboxylic acids is 2. The molecule has 0 bridgehead atoms. The summed E-state index contributed by atoms with van der Waals surface area (Å²) in [5.41, 5.74) is -1.76. The zero-order valence-corrected chi connectivity index (χ0v) is 18.3. The molecule has 1 aromatic rings. The van der Waals surface area contributed by atoms with Crippen LogP contribution in [-0.2, 0) is 20.9 Å². The summed E-state index contributed by atoms with van der Waals surface area (Å²) in [4.78, 5) is 63.6. The van der Waals surface area contributed by atoms with Crippen molar-refractivity contribution in [3.63, 3.8) is 0 Å². The number of aryl methyl sites for hydroxylation is 1. The van der Waals surface area contributed by atoms with Gasteiger partial charge in [-0.15, -0.1) is 0 Å². The van der Waals surface area contributed by atoms with Crippen LogP contribution in [0.15, 0.2) is 15.8 Å². The minimum Gasteiger partial charge on any atom is -0.480 e. The largest absolute Gasteiger partial charge is 0.480 e. The number of rotatable bonds is 6. The summed E-state index contributed by atoms with van der Waals surface area (Å²) < 4.78 is 6.33. The van der Waals surface area contributed by atoms with Gasteiger partial charge < -0.3 is 20.1 Å². The van der Waals surface area contributed by atoms with Crippen molar-refractivity contribution in [2.45, 2.75) is 77.6 Å². The van der Waals surface area contributed by atoms with Crippen molar-refractivity contribution in [2.75, 3.05) is 6.54 Å². The molecule has 1 aromatic heterocycles. The maximum absolute atomic E-state index is 13.0. The number of hydrogen-bond acceptors (Lipinski definition) is 6. The molecule has 0 aliphatic heterocycles. The second-order valence-corrected chi connectivity index (χ2v) is 8.72. The maximum Gasteiger partial charge on any atom is 0.407 e. The van der Waals surface area contributed by atoms with Gasteiger partial charge in [-0.3, -0.25) is 23.9 Å². The molecular weight excluding hydrogens is 408 g/mol. The van der Waals surface area contributed by atoms with E-state index in [0.717, 1.165) is 17.4 Å². The number of nitrogens with zero attached hydrogens (tertiary/aromatic N) is 2. The molecule has 2 amide bonds. The average molecular weight is 438 g/mol. The van der Waals surface area contributed by atoms with E-state index in [-0.39, 0.29) is 5.56 Å². The van der Waals surface area contributed by atoms with Crippen LogP contribution in [0.4, 0.5) is 4.79 Å². The van der Waals surface area contributed by atoms with E-state index in [1.807, 2.05) is 0 Å². The van der Waals surface area contributed by atoms with Gasteiger partial charge >= 0.3 is 17.8 Å². The predicted octanol–water partition coefficient (Wildman–Crippen LogP) is 0.594. The van der Waals surface area contributed by atoms with Crippen LogP contribution in [0.25, 0.3) is 0 Å². The van der Waals surface area contributed by atoms with Crippen molar-refractivity contribution in [2.24, 2.45) is 0 Å². The third-order valence-corrected chi connectivity index (χ3v) is 4.95.